The van der Waals surface area contributed by atoms with Crippen molar-refractivity contribution in [2.24, 2.45) is 0 Å². The molecular weight excluding hydrogens is 192 g/mol. The summed E-state index contributed by atoms with van der Waals surface area (Å²) in [5.41, 5.74) is 0. The minimum atomic E-state index is 0.268. The Morgan fingerprint density at radius 3 is 2.50 bits per heavy atom. The summed E-state index contributed by atoms with van der Waals surface area (Å²) < 4.78 is 5.05. The quantitative estimate of drug-likeness (QED) is 0.481. The van der Waals surface area contributed by atoms with Crippen LogP contribution >= 0.6 is 15.9 Å². The number of ether oxygens (including phenoxy) is 1. The Hall–Kier alpha value is 0.440. The predicted molar refractivity (Wildman–Crippen MR) is 48.5 cm³/mol. The van der Waals surface area contributed by atoms with Gasteiger partial charge in [-0.15, -0.1) is 0 Å². The summed E-state index contributed by atoms with van der Waals surface area (Å²) in [5, 5.41) is 0.268. The number of methoxy groups -OCH3 is 1. The van der Waals surface area contributed by atoms with Gasteiger partial charge < -0.3 is 4.74 Å². The van der Waals surface area contributed by atoms with Crippen LogP contribution in [-0.4, -0.2) is 12.1 Å². The number of unbranched alkanes of at least 4 members (excludes halogenated alkanes) is 3. The van der Waals surface area contributed by atoms with Crippen molar-refractivity contribution in [1.29, 1.82) is 0 Å². The molecule has 0 saturated heterocycles. The smallest absolute Gasteiger partial charge is 0.112 e. The van der Waals surface area contributed by atoms with E-state index in [1.807, 2.05) is 0 Å². The first-order valence-electron chi connectivity index (χ1n) is 3.98. The highest BCUT2D eigenvalue weighted by molar-refractivity contribution is 9.09. The topological polar surface area (TPSA) is 9.23 Å². The van der Waals surface area contributed by atoms with Gasteiger partial charge in [0.2, 0.25) is 0 Å². The molecule has 0 saturated carbocycles. The van der Waals surface area contributed by atoms with E-state index in [1.165, 1.54) is 25.7 Å². The third-order valence-corrected chi connectivity index (χ3v) is 2.37. The molecule has 0 aliphatic rings. The highest BCUT2D eigenvalue weighted by Gasteiger charge is 1.98. The molecule has 10 heavy (non-hydrogen) atoms. The standard InChI is InChI=1S/C8H17BrO/c1-3-4-5-6-7-8(9)10-2/h8H,3-7H2,1-2H3. The van der Waals surface area contributed by atoms with Crippen molar-refractivity contribution in [3.8, 4) is 0 Å². The molecule has 2 heteroatoms. The molecule has 0 N–H and O–H groups in total. The lowest BCUT2D eigenvalue weighted by molar-refractivity contribution is 0.168. The average molecular weight is 209 g/mol. The minimum absolute atomic E-state index is 0.268. The second-order valence-electron chi connectivity index (χ2n) is 2.50. The van der Waals surface area contributed by atoms with Gasteiger partial charge in [0.1, 0.15) is 5.01 Å². The van der Waals surface area contributed by atoms with Crippen LogP contribution in [0.25, 0.3) is 0 Å². The molecule has 1 atom stereocenters. The van der Waals surface area contributed by atoms with E-state index in [-0.39, 0.29) is 5.01 Å². The molecule has 0 rings (SSSR count). The molecule has 0 fully saturated rings. The molecule has 0 aliphatic carbocycles. The third-order valence-electron chi connectivity index (χ3n) is 1.54. The number of hydrogen-bond donors (Lipinski definition) is 0. The van der Waals surface area contributed by atoms with Gasteiger partial charge in [-0.2, -0.15) is 0 Å². The Kier molecular flexibility index (Phi) is 7.88. The summed E-state index contributed by atoms with van der Waals surface area (Å²) in [6.45, 7) is 2.22. The highest BCUT2D eigenvalue weighted by Crippen LogP contribution is 2.11. The van der Waals surface area contributed by atoms with E-state index in [0.29, 0.717) is 0 Å². The van der Waals surface area contributed by atoms with Crippen LogP contribution in [0.4, 0.5) is 0 Å². The van der Waals surface area contributed by atoms with Crippen molar-refractivity contribution in [3.63, 3.8) is 0 Å². The van der Waals surface area contributed by atoms with E-state index < -0.39 is 0 Å². The van der Waals surface area contributed by atoms with E-state index >= 15 is 0 Å². The Morgan fingerprint density at radius 2 is 2.00 bits per heavy atom. The van der Waals surface area contributed by atoms with Crippen molar-refractivity contribution in [2.75, 3.05) is 7.11 Å². The number of halogens is 1. The maximum Gasteiger partial charge on any atom is 0.112 e. The van der Waals surface area contributed by atoms with Crippen LogP contribution in [0.5, 0.6) is 0 Å². The fourth-order valence-electron chi connectivity index (χ4n) is 0.849. The normalized spacial score (nSPS) is 13.5. The maximum atomic E-state index is 5.05. The summed E-state index contributed by atoms with van der Waals surface area (Å²) >= 11 is 3.41. The lowest BCUT2D eigenvalue weighted by atomic mass is 10.2. The molecule has 0 spiro atoms. The van der Waals surface area contributed by atoms with Gasteiger partial charge in [0, 0.05) is 7.11 Å². The van der Waals surface area contributed by atoms with Gasteiger partial charge in [0.25, 0.3) is 0 Å². The van der Waals surface area contributed by atoms with E-state index in [1.54, 1.807) is 7.11 Å². The molecule has 0 heterocycles. The van der Waals surface area contributed by atoms with Crippen LogP contribution in [0.1, 0.15) is 39.0 Å². The van der Waals surface area contributed by atoms with Crippen molar-refractivity contribution in [1.82, 2.24) is 0 Å². The number of hydrogen-bond acceptors (Lipinski definition) is 1. The molecule has 0 amide bonds. The fraction of sp³-hybridized carbons (Fsp3) is 1.00. The maximum absolute atomic E-state index is 5.05. The van der Waals surface area contributed by atoms with Crippen LogP contribution in [0, 0.1) is 0 Å². The second-order valence-corrected chi connectivity index (χ2v) is 3.52. The van der Waals surface area contributed by atoms with Gasteiger partial charge in [0.05, 0.1) is 0 Å². The lowest BCUT2D eigenvalue weighted by Gasteiger charge is -2.05. The van der Waals surface area contributed by atoms with E-state index in [2.05, 4.69) is 22.9 Å². The SMILES string of the molecule is CCCCCCC(Br)OC. The summed E-state index contributed by atoms with van der Waals surface area (Å²) in [7, 11) is 1.74. The zero-order chi connectivity index (χ0) is 7.82. The highest BCUT2D eigenvalue weighted by atomic mass is 79.9. The molecule has 62 valence electrons. The molecule has 0 aromatic heterocycles. The van der Waals surface area contributed by atoms with Crippen molar-refractivity contribution < 1.29 is 4.74 Å². The fourth-order valence-corrected chi connectivity index (χ4v) is 1.17. The Labute approximate surface area is 72.3 Å². The van der Waals surface area contributed by atoms with E-state index in [0.717, 1.165) is 6.42 Å². The molecule has 1 unspecified atom stereocenters. The second kappa shape index (κ2) is 7.55. The van der Waals surface area contributed by atoms with Gasteiger partial charge in [-0.25, -0.2) is 0 Å². The third kappa shape index (κ3) is 6.56. The molecular formula is C8H17BrO. The minimum Gasteiger partial charge on any atom is -0.370 e. The first-order valence-corrected chi connectivity index (χ1v) is 4.89. The summed E-state index contributed by atoms with van der Waals surface area (Å²) in [6.07, 6.45) is 6.40. The zero-order valence-electron chi connectivity index (χ0n) is 6.90. The van der Waals surface area contributed by atoms with Crippen LogP contribution in [0.3, 0.4) is 0 Å². The van der Waals surface area contributed by atoms with Crippen LogP contribution < -0.4 is 0 Å². The Bertz CT molecular complexity index is 66.3. The first-order chi connectivity index (χ1) is 4.81. The number of alkyl halides is 1. The van der Waals surface area contributed by atoms with Gasteiger partial charge in [-0.05, 0) is 12.8 Å². The van der Waals surface area contributed by atoms with Crippen LogP contribution in [-0.2, 0) is 4.74 Å². The van der Waals surface area contributed by atoms with Gasteiger partial charge in [-0.1, -0.05) is 42.1 Å². The summed E-state index contributed by atoms with van der Waals surface area (Å²) in [5.74, 6) is 0. The van der Waals surface area contributed by atoms with Crippen LogP contribution in [0.2, 0.25) is 0 Å². The van der Waals surface area contributed by atoms with Crippen LogP contribution in [0.15, 0.2) is 0 Å². The zero-order valence-corrected chi connectivity index (χ0v) is 8.49. The Balaban J connectivity index is 2.89. The van der Waals surface area contributed by atoms with Gasteiger partial charge in [0.15, 0.2) is 0 Å². The van der Waals surface area contributed by atoms with Crippen molar-refractivity contribution in [2.45, 2.75) is 44.0 Å². The van der Waals surface area contributed by atoms with Gasteiger partial charge >= 0.3 is 0 Å². The molecule has 0 aromatic carbocycles. The Morgan fingerprint density at radius 1 is 1.30 bits per heavy atom. The van der Waals surface area contributed by atoms with Crippen molar-refractivity contribution >= 4 is 15.9 Å². The molecule has 0 aliphatic heterocycles. The summed E-state index contributed by atoms with van der Waals surface area (Å²) in [6, 6.07) is 0. The van der Waals surface area contributed by atoms with Crippen molar-refractivity contribution in [3.05, 3.63) is 0 Å². The molecule has 0 aromatic rings. The number of rotatable bonds is 6. The largest absolute Gasteiger partial charge is 0.370 e. The summed E-state index contributed by atoms with van der Waals surface area (Å²) in [4.78, 5) is 0. The predicted octanol–water partition coefficient (Wildman–Crippen LogP) is 3.32. The average Bonchev–Trinajstić information content (AvgIpc) is 1.98. The van der Waals surface area contributed by atoms with Gasteiger partial charge in [-0.3, -0.25) is 0 Å². The van der Waals surface area contributed by atoms with E-state index in [4.69, 9.17) is 4.74 Å². The molecule has 0 bridgehead atoms. The molecule has 0 radical (unpaired) electrons. The lowest BCUT2D eigenvalue weighted by Crippen LogP contribution is -1.99. The molecule has 1 nitrogen and oxygen atoms in total. The first kappa shape index (κ1) is 10.4. The monoisotopic (exact) mass is 208 g/mol. The van der Waals surface area contributed by atoms with E-state index in [9.17, 15) is 0 Å².